The molecule has 2 heterocycles. The van der Waals surface area contributed by atoms with E-state index in [1.165, 1.54) is 0 Å². The fourth-order valence-corrected chi connectivity index (χ4v) is 2.07. The Hall–Kier alpha value is -1.00. The van der Waals surface area contributed by atoms with Gasteiger partial charge in [-0.2, -0.15) is 0 Å². The average Bonchev–Trinajstić information content (AvgIpc) is 2.74. The molecular formula is C11H16ClN3O. The van der Waals surface area contributed by atoms with E-state index in [0.717, 1.165) is 31.8 Å². The standard InChI is InChI=1S/C11H16ClN3O/c1-15(7-8-3-2-6-16-8)11-9(13)4-5-10(12)14-11/h4-5,8H,2-3,6-7,13H2,1H3. The minimum absolute atomic E-state index is 0.283. The number of nitrogen functional groups attached to an aromatic ring is 1. The van der Waals surface area contributed by atoms with Gasteiger partial charge in [0, 0.05) is 20.2 Å². The third-order valence-electron chi connectivity index (χ3n) is 2.73. The first-order chi connectivity index (χ1) is 7.66. The minimum Gasteiger partial charge on any atom is -0.396 e. The average molecular weight is 242 g/mol. The molecule has 0 radical (unpaired) electrons. The largest absolute Gasteiger partial charge is 0.396 e. The van der Waals surface area contributed by atoms with Crippen LogP contribution in [0.5, 0.6) is 0 Å². The molecule has 1 unspecified atom stereocenters. The molecule has 1 fully saturated rings. The predicted octanol–water partition coefficient (Wildman–Crippen LogP) is 1.93. The molecule has 4 nitrogen and oxygen atoms in total. The van der Waals surface area contributed by atoms with Gasteiger partial charge in [-0.05, 0) is 25.0 Å². The Morgan fingerprint density at radius 2 is 2.44 bits per heavy atom. The Balaban J connectivity index is 2.07. The number of nitrogens with zero attached hydrogens (tertiary/aromatic N) is 2. The molecule has 5 heteroatoms. The number of nitrogens with two attached hydrogens (primary N) is 1. The van der Waals surface area contributed by atoms with Crippen LogP contribution in [0, 0.1) is 0 Å². The number of hydrogen-bond donors (Lipinski definition) is 1. The number of hydrogen-bond acceptors (Lipinski definition) is 4. The summed E-state index contributed by atoms with van der Waals surface area (Å²) in [6.45, 7) is 1.66. The van der Waals surface area contributed by atoms with Gasteiger partial charge in [0.15, 0.2) is 5.82 Å². The summed E-state index contributed by atoms with van der Waals surface area (Å²) in [6, 6.07) is 3.47. The van der Waals surface area contributed by atoms with Crippen molar-refractivity contribution in [1.29, 1.82) is 0 Å². The molecule has 0 aromatic carbocycles. The van der Waals surface area contributed by atoms with Crippen LogP contribution in [0.3, 0.4) is 0 Å². The fraction of sp³-hybridized carbons (Fsp3) is 0.545. The normalized spacial score (nSPS) is 20.0. The predicted molar refractivity (Wildman–Crippen MR) is 65.9 cm³/mol. The van der Waals surface area contributed by atoms with Crippen LogP contribution in [0.25, 0.3) is 0 Å². The van der Waals surface area contributed by atoms with Gasteiger partial charge in [-0.3, -0.25) is 0 Å². The topological polar surface area (TPSA) is 51.4 Å². The molecule has 88 valence electrons. The van der Waals surface area contributed by atoms with E-state index in [1.807, 2.05) is 11.9 Å². The molecule has 1 aliphatic rings. The van der Waals surface area contributed by atoms with Crippen molar-refractivity contribution >= 4 is 23.1 Å². The van der Waals surface area contributed by atoms with Crippen LogP contribution >= 0.6 is 11.6 Å². The molecule has 1 atom stereocenters. The Bertz CT molecular complexity index is 366. The number of rotatable bonds is 3. The summed E-state index contributed by atoms with van der Waals surface area (Å²) in [6.07, 6.45) is 2.52. The monoisotopic (exact) mass is 241 g/mol. The fourth-order valence-electron chi connectivity index (χ4n) is 1.92. The van der Waals surface area contributed by atoms with Crippen molar-refractivity contribution in [3.63, 3.8) is 0 Å². The molecule has 1 aromatic rings. The van der Waals surface area contributed by atoms with Crippen LogP contribution in [0.4, 0.5) is 11.5 Å². The maximum absolute atomic E-state index is 5.86. The van der Waals surface area contributed by atoms with Crippen LogP contribution < -0.4 is 10.6 Å². The first kappa shape index (κ1) is 11.5. The highest BCUT2D eigenvalue weighted by Crippen LogP contribution is 2.23. The van der Waals surface area contributed by atoms with Crippen LogP contribution in [-0.2, 0) is 4.74 Å². The van der Waals surface area contributed by atoms with E-state index in [1.54, 1.807) is 12.1 Å². The summed E-state index contributed by atoms with van der Waals surface area (Å²) < 4.78 is 5.57. The zero-order valence-electron chi connectivity index (χ0n) is 9.32. The Kier molecular flexibility index (Phi) is 3.51. The highest BCUT2D eigenvalue weighted by Gasteiger charge is 2.19. The summed E-state index contributed by atoms with van der Waals surface area (Å²) in [4.78, 5) is 6.22. The summed E-state index contributed by atoms with van der Waals surface area (Å²) in [5, 5.41) is 0.461. The smallest absolute Gasteiger partial charge is 0.153 e. The Morgan fingerprint density at radius 1 is 1.62 bits per heavy atom. The van der Waals surface area contributed by atoms with Crippen LogP contribution in [0.1, 0.15) is 12.8 Å². The molecule has 1 saturated heterocycles. The molecule has 0 saturated carbocycles. The molecule has 2 rings (SSSR count). The van der Waals surface area contributed by atoms with E-state index >= 15 is 0 Å². The first-order valence-corrected chi connectivity index (χ1v) is 5.79. The molecule has 16 heavy (non-hydrogen) atoms. The highest BCUT2D eigenvalue weighted by atomic mass is 35.5. The molecule has 0 spiro atoms. The van der Waals surface area contributed by atoms with Gasteiger partial charge in [-0.25, -0.2) is 4.98 Å². The molecule has 0 bridgehead atoms. The zero-order chi connectivity index (χ0) is 11.5. The second-order valence-corrected chi connectivity index (χ2v) is 4.45. The molecule has 1 aliphatic heterocycles. The van der Waals surface area contributed by atoms with Crippen molar-refractivity contribution < 1.29 is 4.74 Å². The minimum atomic E-state index is 0.283. The van der Waals surface area contributed by atoms with Crippen LogP contribution in [0.2, 0.25) is 5.15 Å². The van der Waals surface area contributed by atoms with E-state index in [2.05, 4.69) is 4.98 Å². The highest BCUT2D eigenvalue weighted by molar-refractivity contribution is 6.29. The van der Waals surface area contributed by atoms with Crippen molar-refractivity contribution in [3.8, 4) is 0 Å². The summed E-state index contributed by atoms with van der Waals surface area (Å²) in [7, 11) is 1.96. The second-order valence-electron chi connectivity index (χ2n) is 4.06. The maximum Gasteiger partial charge on any atom is 0.153 e. The van der Waals surface area contributed by atoms with Crippen molar-refractivity contribution in [1.82, 2.24) is 4.98 Å². The van der Waals surface area contributed by atoms with Crippen LogP contribution in [-0.4, -0.2) is 31.3 Å². The van der Waals surface area contributed by atoms with Gasteiger partial charge in [0.25, 0.3) is 0 Å². The Labute approximate surface area is 100 Å². The van der Waals surface area contributed by atoms with Gasteiger partial charge in [0.1, 0.15) is 5.15 Å². The lowest BCUT2D eigenvalue weighted by Gasteiger charge is -2.22. The lowest BCUT2D eigenvalue weighted by molar-refractivity contribution is 0.116. The van der Waals surface area contributed by atoms with E-state index < -0.39 is 0 Å². The number of halogens is 1. The van der Waals surface area contributed by atoms with Gasteiger partial charge >= 0.3 is 0 Å². The lowest BCUT2D eigenvalue weighted by atomic mass is 10.2. The number of anilines is 2. The van der Waals surface area contributed by atoms with E-state index in [0.29, 0.717) is 10.8 Å². The SMILES string of the molecule is CN(CC1CCCO1)c1nc(Cl)ccc1N. The number of pyridine rings is 1. The van der Waals surface area contributed by atoms with Gasteiger partial charge in [-0.15, -0.1) is 0 Å². The number of likely N-dealkylation sites (N-methyl/N-ethyl adjacent to an activating group) is 1. The van der Waals surface area contributed by atoms with Crippen molar-refractivity contribution in [2.24, 2.45) is 0 Å². The molecule has 1 aromatic heterocycles. The van der Waals surface area contributed by atoms with Crippen LogP contribution in [0.15, 0.2) is 12.1 Å². The zero-order valence-corrected chi connectivity index (χ0v) is 10.1. The van der Waals surface area contributed by atoms with Crippen molar-refractivity contribution in [2.75, 3.05) is 30.8 Å². The van der Waals surface area contributed by atoms with Gasteiger partial charge in [0.2, 0.25) is 0 Å². The number of ether oxygens (including phenoxy) is 1. The molecular weight excluding hydrogens is 226 g/mol. The van der Waals surface area contributed by atoms with Crippen molar-refractivity contribution in [2.45, 2.75) is 18.9 Å². The quantitative estimate of drug-likeness (QED) is 0.822. The van der Waals surface area contributed by atoms with Gasteiger partial charge in [0.05, 0.1) is 11.8 Å². The molecule has 0 amide bonds. The molecule has 2 N–H and O–H groups in total. The van der Waals surface area contributed by atoms with Crippen molar-refractivity contribution in [3.05, 3.63) is 17.3 Å². The summed E-state index contributed by atoms with van der Waals surface area (Å²) >= 11 is 5.85. The third-order valence-corrected chi connectivity index (χ3v) is 2.94. The third kappa shape index (κ3) is 2.57. The summed E-state index contributed by atoms with van der Waals surface area (Å²) in [5.74, 6) is 0.725. The Morgan fingerprint density at radius 3 is 3.12 bits per heavy atom. The molecule has 0 aliphatic carbocycles. The first-order valence-electron chi connectivity index (χ1n) is 5.41. The summed E-state index contributed by atoms with van der Waals surface area (Å²) in [5.41, 5.74) is 6.50. The second kappa shape index (κ2) is 4.89. The van der Waals surface area contributed by atoms with Gasteiger partial charge in [-0.1, -0.05) is 11.6 Å². The van der Waals surface area contributed by atoms with Gasteiger partial charge < -0.3 is 15.4 Å². The van der Waals surface area contributed by atoms with E-state index in [9.17, 15) is 0 Å². The van der Waals surface area contributed by atoms with E-state index in [4.69, 9.17) is 22.1 Å². The maximum atomic E-state index is 5.86. The van der Waals surface area contributed by atoms with E-state index in [-0.39, 0.29) is 6.10 Å². The number of aromatic nitrogens is 1. The lowest BCUT2D eigenvalue weighted by Crippen LogP contribution is -2.29.